The molecule has 9 nitrogen and oxygen atoms in total. The van der Waals surface area contributed by atoms with Gasteiger partial charge < -0.3 is 18.7 Å². The van der Waals surface area contributed by atoms with Gasteiger partial charge in [0.15, 0.2) is 17.2 Å². The Morgan fingerprint density at radius 1 is 1.03 bits per heavy atom. The Labute approximate surface area is 175 Å². The number of aromatic nitrogens is 5. The van der Waals surface area contributed by atoms with E-state index in [9.17, 15) is 0 Å². The van der Waals surface area contributed by atoms with Crippen molar-refractivity contribution in [2.75, 3.05) is 6.79 Å². The van der Waals surface area contributed by atoms with Crippen molar-refractivity contribution in [2.24, 2.45) is 0 Å². The predicted molar refractivity (Wildman–Crippen MR) is 104 cm³/mol. The zero-order valence-electron chi connectivity index (χ0n) is 15.5. The highest BCUT2D eigenvalue weighted by Crippen LogP contribution is 2.36. The number of hydrogen-bond acceptors (Lipinski definition) is 8. The molecule has 2 aromatic carbocycles. The molecule has 0 fully saturated rings. The first-order chi connectivity index (χ1) is 14.7. The number of halogens is 1. The van der Waals surface area contributed by atoms with Crippen LogP contribution < -0.4 is 9.47 Å². The Morgan fingerprint density at radius 3 is 2.80 bits per heavy atom. The minimum atomic E-state index is -0.126. The van der Waals surface area contributed by atoms with Crippen molar-refractivity contribution in [3.05, 3.63) is 58.7 Å². The van der Waals surface area contributed by atoms with Crippen LogP contribution >= 0.6 is 11.6 Å². The maximum atomic E-state index is 6.03. The topological polar surface area (TPSA) is 97.3 Å². The third kappa shape index (κ3) is 2.90. The second-order valence-corrected chi connectivity index (χ2v) is 7.35. The quantitative estimate of drug-likeness (QED) is 0.492. The number of benzene rings is 2. The van der Waals surface area contributed by atoms with Gasteiger partial charge in [0, 0.05) is 10.6 Å². The van der Waals surface area contributed by atoms with Crippen LogP contribution in [0.25, 0.3) is 23.0 Å². The SMILES string of the molecule is Clc1ccc(C2Cn3nnc(-c4noc(-c5ccc6c(c5)OCO6)n4)c3CO2)cc1. The van der Waals surface area contributed by atoms with Crippen molar-refractivity contribution in [3.63, 3.8) is 0 Å². The zero-order valence-corrected chi connectivity index (χ0v) is 16.2. The molecule has 0 saturated heterocycles. The average molecular weight is 424 g/mol. The summed E-state index contributed by atoms with van der Waals surface area (Å²) < 4.78 is 24.0. The fraction of sp³-hybridized carbons (Fsp3) is 0.200. The highest BCUT2D eigenvalue weighted by molar-refractivity contribution is 6.30. The van der Waals surface area contributed by atoms with Gasteiger partial charge in [-0.25, -0.2) is 4.68 Å². The molecule has 6 rings (SSSR count). The van der Waals surface area contributed by atoms with Crippen LogP contribution in [0.3, 0.4) is 0 Å². The molecule has 0 bridgehead atoms. The van der Waals surface area contributed by atoms with Crippen molar-refractivity contribution in [1.82, 2.24) is 25.1 Å². The van der Waals surface area contributed by atoms with Gasteiger partial charge in [-0.1, -0.05) is 34.1 Å². The van der Waals surface area contributed by atoms with Crippen LogP contribution in [0.5, 0.6) is 11.5 Å². The van der Waals surface area contributed by atoms with Crippen molar-refractivity contribution in [2.45, 2.75) is 19.3 Å². The molecule has 0 spiro atoms. The molecule has 0 N–H and O–H groups in total. The van der Waals surface area contributed by atoms with Gasteiger partial charge in [-0.3, -0.25) is 0 Å². The molecule has 0 saturated carbocycles. The lowest BCUT2D eigenvalue weighted by Crippen LogP contribution is -2.22. The maximum Gasteiger partial charge on any atom is 0.258 e. The normalized spacial score (nSPS) is 17.2. The Kier molecular flexibility index (Phi) is 3.96. The summed E-state index contributed by atoms with van der Waals surface area (Å²) in [6.07, 6.45) is -0.126. The van der Waals surface area contributed by atoms with E-state index in [0.717, 1.165) is 16.8 Å². The van der Waals surface area contributed by atoms with E-state index in [1.165, 1.54) is 0 Å². The van der Waals surface area contributed by atoms with E-state index < -0.39 is 0 Å². The molecular weight excluding hydrogens is 410 g/mol. The molecule has 30 heavy (non-hydrogen) atoms. The second kappa shape index (κ2) is 6.82. The molecule has 2 aliphatic heterocycles. The first kappa shape index (κ1) is 17.4. The largest absolute Gasteiger partial charge is 0.454 e. The Balaban J connectivity index is 1.27. The minimum Gasteiger partial charge on any atom is -0.454 e. The molecule has 0 amide bonds. The molecule has 2 aromatic heterocycles. The van der Waals surface area contributed by atoms with E-state index in [1.807, 2.05) is 41.1 Å². The summed E-state index contributed by atoms with van der Waals surface area (Å²) in [6.45, 7) is 1.08. The highest BCUT2D eigenvalue weighted by atomic mass is 35.5. The Morgan fingerprint density at radius 2 is 1.90 bits per heavy atom. The lowest BCUT2D eigenvalue weighted by Gasteiger charge is -2.24. The Hall–Kier alpha value is -3.43. The highest BCUT2D eigenvalue weighted by Gasteiger charge is 2.28. The molecule has 4 heterocycles. The van der Waals surface area contributed by atoms with Crippen LogP contribution in [-0.4, -0.2) is 31.9 Å². The Bertz CT molecular complexity index is 1240. The van der Waals surface area contributed by atoms with E-state index >= 15 is 0 Å². The summed E-state index contributed by atoms with van der Waals surface area (Å²) in [5.41, 5.74) is 3.11. The molecule has 1 unspecified atom stereocenters. The third-order valence-corrected chi connectivity index (χ3v) is 5.35. The van der Waals surface area contributed by atoms with Gasteiger partial charge in [0.05, 0.1) is 18.8 Å². The predicted octanol–water partition coefficient (Wildman–Crippen LogP) is 3.65. The monoisotopic (exact) mass is 423 g/mol. The summed E-state index contributed by atoms with van der Waals surface area (Å²) in [7, 11) is 0. The first-order valence-corrected chi connectivity index (χ1v) is 9.66. The van der Waals surface area contributed by atoms with Gasteiger partial charge in [0.25, 0.3) is 5.89 Å². The van der Waals surface area contributed by atoms with E-state index in [4.69, 9.17) is 30.3 Å². The molecule has 0 aliphatic carbocycles. The van der Waals surface area contributed by atoms with Gasteiger partial charge in [-0.2, -0.15) is 4.98 Å². The average Bonchev–Trinajstić information content (AvgIpc) is 3.51. The van der Waals surface area contributed by atoms with Crippen LogP contribution in [0.1, 0.15) is 17.4 Å². The van der Waals surface area contributed by atoms with Gasteiger partial charge in [-0.05, 0) is 35.9 Å². The number of rotatable bonds is 3. The molecular formula is C20H14ClN5O4. The van der Waals surface area contributed by atoms with Crippen molar-refractivity contribution < 1.29 is 18.7 Å². The summed E-state index contributed by atoms with van der Waals surface area (Å²) in [6, 6.07) is 13.1. The molecule has 150 valence electrons. The first-order valence-electron chi connectivity index (χ1n) is 9.28. The lowest BCUT2D eigenvalue weighted by atomic mass is 10.1. The standard InChI is InChI=1S/C20H14ClN5O4/c21-13-4-1-11(2-5-13)17-8-26-14(9-27-17)18(23-25-26)19-22-20(30-24-19)12-3-6-15-16(7-12)29-10-28-15/h1-7,17H,8-10H2. The van der Waals surface area contributed by atoms with Gasteiger partial charge >= 0.3 is 0 Å². The number of fused-ring (bicyclic) bond motifs is 2. The van der Waals surface area contributed by atoms with Crippen LogP contribution in [0, 0.1) is 0 Å². The fourth-order valence-corrected chi connectivity index (χ4v) is 3.66. The molecule has 10 heteroatoms. The second-order valence-electron chi connectivity index (χ2n) is 6.91. The zero-order chi connectivity index (χ0) is 20.1. The molecule has 1 atom stereocenters. The third-order valence-electron chi connectivity index (χ3n) is 5.10. The van der Waals surface area contributed by atoms with Crippen molar-refractivity contribution >= 4 is 11.6 Å². The maximum absolute atomic E-state index is 6.03. The molecule has 2 aliphatic rings. The smallest absolute Gasteiger partial charge is 0.258 e. The number of nitrogens with zero attached hydrogens (tertiary/aromatic N) is 5. The lowest BCUT2D eigenvalue weighted by molar-refractivity contribution is -0.00112. The molecule has 0 radical (unpaired) electrons. The van der Waals surface area contributed by atoms with E-state index in [-0.39, 0.29) is 12.9 Å². The van der Waals surface area contributed by atoms with Gasteiger partial charge in [0.1, 0.15) is 6.10 Å². The van der Waals surface area contributed by atoms with Crippen LogP contribution in [0.15, 0.2) is 47.0 Å². The summed E-state index contributed by atoms with van der Waals surface area (Å²) in [5.74, 6) is 2.06. The summed E-state index contributed by atoms with van der Waals surface area (Å²) in [5, 5.41) is 13.3. The van der Waals surface area contributed by atoms with E-state index in [0.29, 0.717) is 47.1 Å². The minimum absolute atomic E-state index is 0.126. The fourth-order valence-electron chi connectivity index (χ4n) is 3.53. The summed E-state index contributed by atoms with van der Waals surface area (Å²) in [4.78, 5) is 4.48. The summed E-state index contributed by atoms with van der Waals surface area (Å²) >= 11 is 5.97. The van der Waals surface area contributed by atoms with Gasteiger partial charge in [0.2, 0.25) is 12.6 Å². The van der Waals surface area contributed by atoms with Gasteiger partial charge in [-0.15, -0.1) is 5.10 Å². The molecule has 4 aromatic rings. The number of hydrogen-bond donors (Lipinski definition) is 0. The van der Waals surface area contributed by atoms with E-state index in [1.54, 1.807) is 6.07 Å². The van der Waals surface area contributed by atoms with E-state index in [2.05, 4.69) is 20.5 Å². The van der Waals surface area contributed by atoms with Crippen molar-refractivity contribution in [1.29, 1.82) is 0 Å². The van der Waals surface area contributed by atoms with Crippen LogP contribution in [-0.2, 0) is 17.9 Å². The van der Waals surface area contributed by atoms with Crippen LogP contribution in [0.2, 0.25) is 5.02 Å². The van der Waals surface area contributed by atoms with Crippen molar-refractivity contribution in [3.8, 4) is 34.5 Å². The number of ether oxygens (including phenoxy) is 3. The van der Waals surface area contributed by atoms with Crippen LogP contribution in [0.4, 0.5) is 0 Å².